The fraction of sp³-hybridized carbons (Fsp3) is 0.276. The summed E-state index contributed by atoms with van der Waals surface area (Å²) in [6.45, 7) is 5.56. The molecule has 2 fully saturated rings. The van der Waals surface area contributed by atoms with Crippen LogP contribution in [0.1, 0.15) is 0 Å². The van der Waals surface area contributed by atoms with E-state index in [9.17, 15) is 0 Å². The zero-order valence-corrected chi connectivity index (χ0v) is 22.2. The van der Waals surface area contributed by atoms with Gasteiger partial charge < -0.3 is 19.3 Å². The molecule has 0 bridgehead atoms. The Labute approximate surface area is 223 Å². The van der Waals surface area contributed by atoms with Crippen molar-refractivity contribution in [3.63, 3.8) is 0 Å². The van der Waals surface area contributed by atoms with Crippen LogP contribution in [0.4, 0.5) is 17.8 Å². The van der Waals surface area contributed by atoms with Gasteiger partial charge in [0, 0.05) is 42.1 Å². The molecule has 6 rings (SSSR count). The average Bonchev–Trinajstić information content (AvgIpc) is 3.02. The number of rotatable bonds is 6. The minimum atomic E-state index is -2.51. The normalized spacial score (nSPS) is 16.3. The van der Waals surface area contributed by atoms with E-state index in [0.29, 0.717) is 44.3 Å². The lowest BCUT2D eigenvalue weighted by Gasteiger charge is -2.30. The van der Waals surface area contributed by atoms with Crippen LogP contribution in [0.15, 0.2) is 95.7 Å². The molecular formula is C29H31N6O2P. The van der Waals surface area contributed by atoms with Gasteiger partial charge in [0.05, 0.1) is 33.5 Å². The molecule has 0 atom stereocenters. The molecule has 2 aliphatic rings. The lowest BCUT2D eigenvalue weighted by atomic mass is 10.4. The number of nitrogens with zero attached hydrogens (tertiary/aromatic N) is 6. The van der Waals surface area contributed by atoms with Crippen LogP contribution in [0.5, 0.6) is 0 Å². The Bertz CT molecular complexity index is 1250. The van der Waals surface area contributed by atoms with Crippen LogP contribution < -0.4 is 25.7 Å². The van der Waals surface area contributed by atoms with E-state index in [1.165, 1.54) is 0 Å². The summed E-state index contributed by atoms with van der Waals surface area (Å²) in [5.74, 6) is 1.75. The molecular weight excluding hydrogens is 495 g/mol. The number of aromatic nitrogens is 3. The number of anilines is 2. The van der Waals surface area contributed by atoms with Crippen LogP contribution in [0, 0.1) is 0 Å². The van der Waals surface area contributed by atoms with E-state index in [1.54, 1.807) is 0 Å². The minimum Gasteiger partial charge on any atom is -0.378 e. The van der Waals surface area contributed by atoms with Gasteiger partial charge in [0.15, 0.2) is 0 Å². The van der Waals surface area contributed by atoms with Gasteiger partial charge in [-0.2, -0.15) is 15.0 Å². The molecule has 3 heterocycles. The highest BCUT2D eigenvalue weighted by atomic mass is 31.2. The molecule has 0 saturated carbocycles. The summed E-state index contributed by atoms with van der Waals surface area (Å²) in [6, 6.07) is 31.6. The second-order valence-corrected chi connectivity index (χ2v) is 12.2. The standard InChI is InChI=1S/C29H31N6O2P/c1-4-10-24(11-5-1)38(25-12-6-2-7-13-25,26-14-8-3-9-15-26)33-27-30-28(34-16-20-36-21-17-34)32-29(31-27)35-18-22-37-23-19-35/h1-15H,16-23H2. The van der Waals surface area contributed by atoms with Gasteiger partial charge in [-0.25, -0.2) is 4.74 Å². The molecule has 4 aromatic rings. The first-order valence-electron chi connectivity index (χ1n) is 13.0. The minimum absolute atomic E-state index is 0.452. The van der Waals surface area contributed by atoms with Crippen molar-refractivity contribution in [3.8, 4) is 0 Å². The number of hydrogen-bond acceptors (Lipinski definition) is 8. The third-order valence-electron chi connectivity index (χ3n) is 6.82. The molecule has 8 nitrogen and oxygen atoms in total. The van der Waals surface area contributed by atoms with E-state index in [1.807, 2.05) is 18.2 Å². The third-order valence-corrected chi connectivity index (χ3v) is 10.4. The number of ether oxygens (including phenoxy) is 2. The van der Waals surface area contributed by atoms with Crippen LogP contribution in [0.25, 0.3) is 0 Å². The molecule has 0 unspecified atom stereocenters. The summed E-state index contributed by atoms with van der Waals surface area (Å²) in [7, 11) is -2.51. The van der Waals surface area contributed by atoms with E-state index in [4.69, 9.17) is 29.2 Å². The van der Waals surface area contributed by atoms with Gasteiger partial charge >= 0.3 is 0 Å². The summed E-state index contributed by atoms with van der Waals surface area (Å²) in [6.07, 6.45) is 0. The topological polar surface area (TPSA) is 76.0 Å². The fourth-order valence-electron chi connectivity index (χ4n) is 4.88. The average molecular weight is 527 g/mol. The molecule has 9 heteroatoms. The quantitative estimate of drug-likeness (QED) is 0.357. The Morgan fingerprint density at radius 3 is 1.26 bits per heavy atom. The Kier molecular flexibility index (Phi) is 7.45. The van der Waals surface area contributed by atoms with Gasteiger partial charge in [0.2, 0.25) is 11.9 Å². The molecule has 0 aliphatic carbocycles. The summed E-state index contributed by atoms with van der Waals surface area (Å²) >= 11 is 0. The van der Waals surface area contributed by atoms with Gasteiger partial charge in [-0.3, -0.25) is 0 Å². The van der Waals surface area contributed by atoms with Gasteiger partial charge in [0.25, 0.3) is 5.95 Å². The maximum atomic E-state index is 5.59. The van der Waals surface area contributed by atoms with E-state index in [-0.39, 0.29) is 0 Å². The molecule has 3 aromatic carbocycles. The van der Waals surface area contributed by atoms with Crippen LogP contribution >= 0.6 is 7.05 Å². The van der Waals surface area contributed by atoms with E-state index in [0.717, 1.165) is 42.1 Å². The molecule has 0 N–H and O–H groups in total. The molecule has 2 saturated heterocycles. The molecule has 194 valence electrons. The maximum Gasteiger partial charge on any atom is 0.255 e. The van der Waals surface area contributed by atoms with Gasteiger partial charge in [-0.1, -0.05) is 91.0 Å². The van der Waals surface area contributed by atoms with Gasteiger partial charge in [0.1, 0.15) is 0 Å². The maximum absolute atomic E-state index is 5.59. The summed E-state index contributed by atoms with van der Waals surface area (Å²) < 4.78 is 16.7. The highest BCUT2D eigenvalue weighted by molar-refractivity contribution is 7.87. The highest BCUT2D eigenvalue weighted by Crippen LogP contribution is 2.48. The van der Waals surface area contributed by atoms with E-state index >= 15 is 0 Å². The predicted molar refractivity (Wildman–Crippen MR) is 153 cm³/mol. The van der Waals surface area contributed by atoms with Crippen molar-refractivity contribution in [3.05, 3.63) is 91.0 Å². The molecule has 0 amide bonds. The predicted octanol–water partition coefficient (Wildman–Crippen LogP) is 3.35. The van der Waals surface area contributed by atoms with Crippen molar-refractivity contribution in [1.82, 2.24) is 15.0 Å². The molecule has 2 aliphatic heterocycles. The second kappa shape index (κ2) is 11.4. The number of benzene rings is 3. The largest absolute Gasteiger partial charge is 0.378 e. The first kappa shape index (κ1) is 24.7. The van der Waals surface area contributed by atoms with Gasteiger partial charge in [-0.15, -0.1) is 0 Å². The molecule has 0 spiro atoms. The molecule has 1 aromatic heterocycles. The Hall–Kier alpha value is -3.58. The Balaban J connectivity index is 1.61. The second-order valence-electron chi connectivity index (χ2n) is 9.18. The lowest BCUT2D eigenvalue weighted by Crippen LogP contribution is -2.39. The van der Waals surface area contributed by atoms with Crippen molar-refractivity contribution < 1.29 is 9.47 Å². The summed E-state index contributed by atoms with van der Waals surface area (Å²) in [5.41, 5.74) is 0. The third kappa shape index (κ3) is 5.07. The van der Waals surface area contributed by atoms with E-state index < -0.39 is 7.05 Å². The fourth-order valence-corrected chi connectivity index (χ4v) is 8.29. The Morgan fingerprint density at radius 1 is 0.526 bits per heavy atom. The highest BCUT2D eigenvalue weighted by Gasteiger charge is 2.29. The smallest absolute Gasteiger partial charge is 0.255 e. The SMILES string of the molecule is c1ccc(P(=Nc2nc(N3CCOCC3)nc(N3CCOCC3)n2)(c2ccccc2)c2ccccc2)cc1. The van der Waals surface area contributed by atoms with Crippen LogP contribution in [0.2, 0.25) is 0 Å². The van der Waals surface area contributed by atoms with Crippen LogP contribution in [0.3, 0.4) is 0 Å². The van der Waals surface area contributed by atoms with Crippen molar-refractivity contribution in [1.29, 1.82) is 0 Å². The summed E-state index contributed by atoms with van der Waals surface area (Å²) in [5, 5.41) is 3.45. The molecule has 38 heavy (non-hydrogen) atoms. The van der Waals surface area contributed by atoms with Crippen molar-refractivity contribution in [2.45, 2.75) is 0 Å². The first-order valence-corrected chi connectivity index (χ1v) is 14.8. The van der Waals surface area contributed by atoms with Gasteiger partial charge in [-0.05, 0) is 0 Å². The summed E-state index contributed by atoms with van der Waals surface area (Å²) in [4.78, 5) is 19.2. The zero-order chi connectivity index (χ0) is 25.6. The van der Waals surface area contributed by atoms with Crippen molar-refractivity contribution >= 4 is 40.8 Å². The van der Waals surface area contributed by atoms with E-state index in [2.05, 4.69) is 82.6 Å². The number of morpholine rings is 2. The zero-order valence-electron chi connectivity index (χ0n) is 21.3. The van der Waals surface area contributed by atoms with Crippen molar-refractivity contribution in [2.75, 3.05) is 62.4 Å². The van der Waals surface area contributed by atoms with Crippen LogP contribution in [-0.4, -0.2) is 67.6 Å². The van der Waals surface area contributed by atoms with Crippen LogP contribution in [-0.2, 0) is 9.47 Å². The lowest BCUT2D eigenvalue weighted by molar-refractivity contribution is 0.121. The van der Waals surface area contributed by atoms with Crippen molar-refractivity contribution in [2.24, 2.45) is 4.74 Å². The number of hydrogen-bond donors (Lipinski definition) is 0. The Morgan fingerprint density at radius 2 is 0.895 bits per heavy atom. The molecule has 0 radical (unpaired) electrons. The monoisotopic (exact) mass is 526 g/mol. The first-order chi connectivity index (χ1) is 18.8.